The molecule has 2 aromatic heterocycles. The quantitative estimate of drug-likeness (QED) is 0.838. The van der Waals surface area contributed by atoms with Crippen molar-refractivity contribution < 1.29 is 4.74 Å². The van der Waals surface area contributed by atoms with Gasteiger partial charge >= 0.3 is 0 Å². The fraction of sp³-hybridized carbons (Fsp3) is 0.632. The van der Waals surface area contributed by atoms with Crippen molar-refractivity contribution in [1.82, 2.24) is 19.9 Å². The summed E-state index contributed by atoms with van der Waals surface area (Å²) < 4.78 is 5.50. The first-order valence-corrected chi connectivity index (χ1v) is 10.5. The summed E-state index contributed by atoms with van der Waals surface area (Å²) in [7, 11) is 0. The summed E-state index contributed by atoms with van der Waals surface area (Å²) in [5, 5.41) is 6.09. The van der Waals surface area contributed by atoms with Crippen LogP contribution in [0.5, 0.6) is 0 Å². The molecule has 4 heterocycles. The molecule has 140 valence electrons. The van der Waals surface area contributed by atoms with Crippen LogP contribution in [0.4, 0.5) is 10.9 Å². The summed E-state index contributed by atoms with van der Waals surface area (Å²) >= 11 is 1.58. The minimum absolute atomic E-state index is 0.686. The number of ether oxygens (including phenoxy) is 1. The Morgan fingerprint density at radius 2 is 2.08 bits per heavy atom. The molecule has 7 heteroatoms. The summed E-state index contributed by atoms with van der Waals surface area (Å²) in [6.07, 6.45) is 9.52. The second-order valence-electron chi connectivity index (χ2n) is 7.38. The van der Waals surface area contributed by atoms with Crippen molar-refractivity contribution in [3.05, 3.63) is 29.7 Å². The molecular weight excluding hydrogens is 346 g/mol. The maximum absolute atomic E-state index is 5.50. The molecule has 2 aromatic rings. The number of hydrogen-bond donors (Lipinski definition) is 1. The van der Waals surface area contributed by atoms with Crippen molar-refractivity contribution in [3.63, 3.8) is 0 Å². The van der Waals surface area contributed by atoms with Crippen LogP contribution in [0, 0.1) is 11.8 Å². The topological polar surface area (TPSA) is 63.2 Å². The van der Waals surface area contributed by atoms with Gasteiger partial charge in [-0.25, -0.2) is 15.0 Å². The summed E-state index contributed by atoms with van der Waals surface area (Å²) in [6.45, 7) is 5.56. The highest BCUT2D eigenvalue weighted by atomic mass is 32.1. The summed E-state index contributed by atoms with van der Waals surface area (Å²) in [5.41, 5.74) is 1.12. The van der Waals surface area contributed by atoms with E-state index < -0.39 is 0 Å². The van der Waals surface area contributed by atoms with Crippen LogP contribution in [-0.4, -0.2) is 52.7 Å². The van der Waals surface area contributed by atoms with E-state index in [1.165, 1.54) is 45.3 Å². The number of hydrogen-bond acceptors (Lipinski definition) is 7. The van der Waals surface area contributed by atoms with Crippen LogP contribution >= 0.6 is 11.3 Å². The predicted molar refractivity (Wildman–Crippen MR) is 104 cm³/mol. The van der Waals surface area contributed by atoms with Crippen LogP contribution < -0.4 is 5.32 Å². The number of anilines is 2. The lowest BCUT2D eigenvalue weighted by Crippen LogP contribution is -2.40. The SMILES string of the molecule is c1nc(C[C@@H]2CCCN(CC3CCOCC3)C2)cc(Nc2nccs2)n1. The largest absolute Gasteiger partial charge is 0.381 e. The fourth-order valence-electron chi connectivity index (χ4n) is 4.05. The normalized spacial score (nSPS) is 22.4. The van der Waals surface area contributed by atoms with E-state index in [9.17, 15) is 0 Å². The number of piperidine rings is 1. The van der Waals surface area contributed by atoms with Gasteiger partial charge in [0.25, 0.3) is 0 Å². The van der Waals surface area contributed by atoms with Crippen molar-refractivity contribution in [2.45, 2.75) is 32.1 Å². The first-order chi connectivity index (χ1) is 12.8. The lowest BCUT2D eigenvalue weighted by atomic mass is 9.91. The van der Waals surface area contributed by atoms with E-state index in [1.54, 1.807) is 23.9 Å². The highest BCUT2D eigenvalue weighted by molar-refractivity contribution is 7.13. The summed E-state index contributed by atoms with van der Waals surface area (Å²) in [5.74, 6) is 2.33. The molecule has 0 radical (unpaired) electrons. The number of likely N-dealkylation sites (tertiary alicyclic amines) is 1. The minimum Gasteiger partial charge on any atom is -0.381 e. The van der Waals surface area contributed by atoms with Crippen molar-refractivity contribution in [2.24, 2.45) is 11.8 Å². The van der Waals surface area contributed by atoms with Gasteiger partial charge in [0.15, 0.2) is 5.13 Å². The standard InChI is InChI=1S/C19H27N5OS/c1-2-16(13-24(6-1)12-15-3-7-25-8-4-15)10-17-11-18(22-14-21-17)23-19-20-5-9-26-19/h5,9,11,14-16H,1-4,6-8,10,12-13H2,(H,20,21,22,23)/t16-/m0/s1. The highest BCUT2D eigenvalue weighted by Crippen LogP contribution is 2.24. The van der Waals surface area contributed by atoms with Gasteiger partial charge in [0.1, 0.15) is 12.1 Å². The molecule has 2 aliphatic heterocycles. The number of aromatic nitrogens is 3. The number of nitrogens with zero attached hydrogens (tertiary/aromatic N) is 4. The first kappa shape index (κ1) is 17.8. The van der Waals surface area contributed by atoms with E-state index in [2.05, 4.69) is 31.2 Å². The van der Waals surface area contributed by atoms with E-state index in [1.807, 2.05) is 5.38 Å². The van der Waals surface area contributed by atoms with Gasteiger partial charge < -0.3 is 15.0 Å². The second-order valence-corrected chi connectivity index (χ2v) is 8.28. The molecule has 0 spiro atoms. The summed E-state index contributed by atoms with van der Waals surface area (Å²) in [6, 6.07) is 2.07. The Hall–Kier alpha value is -1.57. The van der Waals surface area contributed by atoms with E-state index in [-0.39, 0.29) is 0 Å². The van der Waals surface area contributed by atoms with Crippen LogP contribution in [-0.2, 0) is 11.2 Å². The van der Waals surface area contributed by atoms with Crippen LogP contribution in [0.2, 0.25) is 0 Å². The summed E-state index contributed by atoms with van der Waals surface area (Å²) in [4.78, 5) is 15.7. The van der Waals surface area contributed by atoms with Gasteiger partial charge in [-0.15, -0.1) is 11.3 Å². The van der Waals surface area contributed by atoms with Gasteiger partial charge in [-0.3, -0.25) is 0 Å². The molecule has 1 N–H and O–H groups in total. The Balaban J connectivity index is 1.31. The molecule has 0 saturated carbocycles. The van der Waals surface area contributed by atoms with Gasteiger partial charge in [0.05, 0.1) is 0 Å². The van der Waals surface area contributed by atoms with Crippen LogP contribution in [0.15, 0.2) is 24.0 Å². The molecule has 26 heavy (non-hydrogen) atoms. The molecule has 0 aromatic carbocycles. The Morgan fingerprint density at radius 3 is 2.92 bits per heavy atom. The molecule has 2 fully saturated rings. The Kier molecular flexibility index (Phi) is 6.09. The van der Waals surface area contributed by atoms with Gasteiger partial charge in [-0.2, -0.15) is 0 Å². The molecule has 0 aliphatic carbocycles. The smallest absolute Gasteiger partial charge is 0.188 e. The number of thiazole rings is 1. The molecule has 2 saturated heterocycles. The molecule has 0 amide bonds. The molecule has 2 aliphatic rings. The predicted octanol–water partition coefficient (Wildman–Crippen LogP) is 3.36. The first-order valence-electron chi connectivity index (χ1n) is 9.63. The Bertz CT molecular complexity index is 674. The third-order valence-electron chi connectivity index (χ3n) is 5.35. The second kappa shape index (κ2) is 8.88. The maximum atomic E-state index is 5.50. The molecule has 0 bridgehead atoms. The van der Waals surface area contributed by atoms with Crippen molar-refractivity contribution in [2.75, 3.05) is 38.2 Å². The third-order valence-corrected chi connectivity index (χ3v) is 6.04. The van der Waals surface area contributed by atoms with E-state index in [0.717, 1.165) is 42.2 Å². The van der Waals surface area contributed by atoms with Crippen LogP contribution in [0.25, 0.3) is 0 Å². The van der Waals surface area contributed by atoms with Gasteiger partial charge in [-0.1, -0.05) is 0 Å². The highest BCUT2D eigenvalue weighted by Gasteiger charge is 2.24. The number of rotatable bonds is 6. The molecular formula is C19H27N5OS. The van der Waals surface area contributed by atoms with E-state index >= 15 is 0 Å². The third kappa shape index (κ3) is 4.99. The van der Waals surface area contributed by atoms with Gasteiger partial charge in [0, 0.05) is 49.6 Å². The molecule has 4 rings (SSSR count). The van der Waals surface area contributed by atoms with E-state index in [4.69, 9.17) is 4.74 Å². The average Bonchev–Trinajstić information content (AvgIpc) is 3.16. The fourth-order valence-corrected chi connectivity index (χ4v) is 4.58. The molecule has 0 unspecified atom stereocenters. The average molecular weight is 374 g/mol. The lowest BCUT2D eigenvalue weighted by molar-refractivity contribution is 0.0452. The van der Waals surface area contributed by atoms with Gasteiger partial charge in [-0.05, 0) is 50.5 Å². The van der Waals surface area contributed by atoms with Crippen LogP contribution in [0.1, 0.15) is 31.4 Å². The molecule has 6 nitrogen and oxygen atoms in total. The number of nitrogens with one attached hydrogen (secondary N) is 1. The molecule has 1 atom stereocenters. The van der Waals surface area contributed by atoms with Crippen LogP contribution in [0.3, 0.4) is 0 Å². The Labute approximate surface area is 159 Å². The van der Waals surface area contributed by atoms with Crippen molar-refractivity contribution in [1.29, 1.82) is 0 Å². The maximum Gasteiger partial charge on any atom is 0.188 e. The van der Waals surface area contributed by atoms with E-state index in [0.29, 0.717) is 5.92 Å². The zero-order valence-corrected chi connectivity index (χ0v) is 16.0. The Morgan fingerprint density at radius 1 is 1.15 bits per heavy atom. The van der Waals surface area contributed by atoms with Crippen molar-refractivity contribution in [3.8, 4) is 0 Å². The lowest BCUT2D eigenvalue weighted by Gasteiger charge is -2.36. The van der Waals surface area contributed by atoms with Gasteiger partial charge in [0.2, 0.25) is 0 Å². The zero-order chi connectivity index (χ0) is 17.6. The zero-order valence-electron chi connectivity index (χ0n) is 15.1. The monoisotopic (exact) mass is 373 g/mol. The minimum atomic E-state index is 0.686. The van der Waals surface area contributed by atoms with Crippen molar-refractivity contribution >= 4 is 22.3 Å².